The molecule has 2 heterocycles. The van der Waals surface area contributed by atoms with E-state index in [4.69, 9.17) is 28.5 Å². The molecule has 0 saturated carbocycles. The Bertz CT molecular complexity index is 1010. The largest absolute Gasteiger partial charge is 0.464 e. The number of nitrogens with zero attached hydrogens (tertiary/aromatic N) is 1. The van der Waals surface area contributed by atoms with Gasteiger partial charge < -0.3 is 33.4 Å². The summed E-state index contributed by atoms with van der Waals surface area (Å²) in [6.45, 7) is 0.624. The summed E-state index contributed by atoms with van der Waals surface area (Å²) in [5.74, 6) is -0.734. The number of rotatable bonds is 11. The Morgan fingerprint density at radius 2 is 2.00 bits per heavy atom. The highest BCUT2D eigenvalue weighted by Gasteiger charge is 2.32. The molecule has 0 saturated heterocycles. The number of hydrogen-bond donors (Lipinski definition) is 1. The van der Waals surface area contributed by atoms with Crippen molar-refractivity contribution in [2.24, 2.45) is 0 Å². The van der Waals surface area contributed by atoms with Crippen molar-refractivity contribution in [3.05, 3.63) is 58.2 Å². The topological polar surface area (TPSA) is 108 Å². The minimum atomic E-state index is -0.724. The second-order valence-electron chi connectivity index (χ2n) is 7.82. The number of carbonyl (C=O) groups excluding carboxylic acids is 1. The third-order valence-corrected chi connectivity index (χ3v) is 5.53. The number of aliphatic hydroxyl groups excluding tert-OH is 1. The normalized spacial score (nSPS) is 18.3. The molecule has 0 aliphatic carbocycles. The maximum absolute atomic E-state index is 13.1. The molecule has 2 atom stereocenters. The first kappa shape index (κ1) is 24.9. The summed E-state index contributed by atoms with van der Waals surface area (Å²) in [5, 5.41) is 9.46. The maximum Gasteiger partial charge on any atom is 0.288 e. The predicted octanol–water partition coefficient (Wildman–Crippen LogP) is 2.37. The van der Waals surface area contributed by atoms with Crippen LogP contribution in [0, 0.1) is 0 Å². The number of hydrogen-bond acceptors (Lipinski definition) is 8. The molecule has 9 nitrogen and oxygen atoms in total. The number of aliphatic hydroxyl groups is 1. The number of fused-ring (bicyclic) bond motifs is 1. The van der Waals surface area contributed by atoms with Crippen molar-refractivity contribution in [1.29, 1.82) is 0 Å². The fraction of sp³-hybridized carbons (Fsp3) is 0.500. The van der Waals surface area contributed by atoms with E-state index in [1.165, 1.54) is 25.4 Å². The Morgan fingerprint density at radius 1 is 1.24 bits per heavy atom. The number of amides is 1. The van der Waals surface area contributed by atoms with Crippen LogP contribution in [-0.2, 0) is 23.7 Å². The molecule has 3 rings (SSSR count). The number of allylic oxidation sites excluding steroid dienone is 1. The molecular weight excluding hydrogens is 430 g/mol. The van der Waals surface area contributed by atoms with Gasteiger partial charge in [0.2, 0.25) is 6.29 Å². The van der Waals surface area contributed by atoms with Crippen molar-refractivity contribution in [2.45, 2.75) is 37.8 Å². The van der Waals surface area contributed by atoms with Crippen molar-refractivity contribution in [1.82, 2.24) is 4.90 Å². The number of methoxy groups -OCH3 is 2. The van der Waals surface area contributed by atoms with Gasteiger partial charge in [-0.25, -0.2) is 0 Å². The van der Waals surface area contributed by atoms with E-state index >= 15 is 0 Å². The summed E-state index contributed by atoms with van der Waals surface area (Å²) in [4.78, 5) is 27.7. The first-order chi connectivity index (χ1) is 16.0. The Morgan fingerprint density at radius 3 is 2.73 bits per heavy atom. The second-order valence-corrected chi connectivity index (χ2v) is 7.82. The van der Waals surface area contributed by atoms with Crippen molar-refractivity contribution < 1.29 is 33.3 Å². The molecule has 180 valence electrons. The summed E-state index contributed by atoms with van der Waals surface area (Å²) >= 11 is 0. The molecule has 33 heavy (non-hydrogen) atoms. The lowest BCUT2D eigenvalue weighted by molar-refractivity contribution is -0.158. The average Bonchev–Trinajstić information content (AvgIpc) is 2.84. The van der Waals surface area contributed by atoms with Crippen LogP contribution in [0.25, 0.3) is 11.0 Å². The lowest BCUT2D eigenvalue weighted by Gasteiger charge is -2.31. The predicted molar refractivity (Wildman–Crippen MR) is 121 cm³/mol. The fourth-order valence-corrected chi connectivity index (χ4v) is 3.64. The number of para-hydroxylation sites is 1. The van der Waals surface area contributed by atoms with E-state index in [2.05, 4.69) is 0 Å². The van der Waals surface area contributed by atoms with Gasteiger partial charge in [-0.2, -0.15) is 0 Å². The summed E-state index contributed by atoms with van der Waals surface area (Å²) in [5.41, 5.74) is 0.777. The van der Waals surface area contributed by atoms with E-state index in [1.807, 2.05) is 0 Å². The van der Waals surface area contributed by atoms with E-state index in [1.54, 1.807) is 37.4 Å². The lowest BCUT2D eigenvalue weighted by Crippen LogP contribution is -2.39. The van der Waals surface area contributed by atoms with Gasteiger partial charge in [0, 0.05) is 45.8 Å². The lowest BCUT2D eigenvalue weighted by atomic mass is 9.93. The van der Waals surface area contributed by atoms with Gasteiger partial charge in [-0.15, -0.1) is 0 Å². The van der Waals surface area contributed by atoms with Crippen molar-refractivity contribution in [3.8, 4) is 0 Å². The molecule has 1 aliphatic heterocycles. The molecule has 1 amide bonds. The third kappa shape index (κ3) is 6.20. The molecule has 0 bridgehead atoms. The third-order valence-electron chi connectivity index (χ3n) is 5.53. The van der Waals surface area contributed by atoms with Gasteiger partial charge in [-0.3, -0.25) is 9.59 Å². The van der Waals surface area contributed by atoms with E-state index in [0.29, 0.717) is 42.4 Å². The molecule has 1 N–H and O–H groups in total. The second kappa shape index (κ2) is 11.9. The van der Waals surface area contributed by atoms with Crippen molar-refractivity contribution >= 4 is 16.9 Å². The zero-order valence-corrected chi connectivity index (χ0v) is 19.2. The average molecular weight is 462 g/mol. The van der Waals surface area contributed by atoms with Gasteiger partial charge in [0.25, 0.3) is 5.91 Å². The van der Waals surface area contributed by atoms with Crippen LogP contribution < -0.4 is 5.43 Å². The standard InChI is InChI=1S/C24H31NO8/c1-25(14-22(29-2)30-3)24(28)20-12-16(13-21(33-20)31-11-7-6-10-26)18-15-32-19-9-5-4-8-17(19)23(18)27/h4-5,8-9,12,15-16,21-22,26H,6-7,10-11,13-14H2,1-3H3/t16-,21+/m1/s1. The Labute approximate surface area is 192 Å². The van der Waals surface area contributed by atoms with Crippen LogP contribution in [-0.4, -0.2) is 69.5 Å². The van der Waals surface area contributed by atoms with Crippen LogP contribution in [0.15, 0.2) is 51.6 Å². The Balaban J connectivity index is 1.88. The van der Waals surface area contributed by atoms with E-state index in [0.717, 1.165) is 0 Å². The summed E-state index contributed by atoms with van der Waals surface area (Å²) in [7, 11) is 4.60. The van der Waals surface area contributed by atoms with Crippen LogP contribution in [0.1, 0.15) is 30.7 Å². The maximum atomic E-state index is 13.1. The number of carbonyl (C=O) groups is 1. The number of unbranched alkanes of at least 4 members (excludes halogenated alkanes) is 1. The van der Waals surface area contributed by atoms with Gasteiger partial charge in [0.15, 0.2) is 17.5 Å². The highest BCUT2D eigenvalue weighted by atomic mass is 16.7. The summed E-state index contributed by atoms with van der Waals surface area (Å²) in [6.07, 6.45) is 3.37. The smallest absolute Gasteiger partial charge is 0.288 e. The number of benzene rings is 1. The first-order valence-electron chi connectivity index (χ1n) is 10.9. The minimum absolute atomic E-state index is 0.0737. The van der Waals surface area contributed by atoms with Gasteiger partial charge in [0.05, 0.1) is 24.8 Å². The molecular formula is C24H31NO8. The molecule has 0 fully saturated rings. The van der Waals surface area contributed by atoms with Crippen LogP contribution in [0.3, 0.4) is 0 Å². The Hall–Kier alpha value is -2.72. The van der Waals surface area contributed by atoms with E-state index in [-0.39, 0.29) is 30.2 Å². The zero-order chi connectivity index (χ0) is 23.8. The summed E-state index contributed by atoms with van der Waals surface area (Å²) in [6, 6.07) is 7.03. The highest BCUT2D eigenvalue weighted by Crippen LogP contribution is 2.31. The molecule has 0 radical (unpaired) electrons. The fourth-order valence-electron chi connectivity index (χ4n) is 3.64. The van der Waals surface area contributed by atoms with E-state index < -0.39 is 18.5 Å². The monoisotopic (exact) mass is 461 g/mol. The van der Waals surface area contributed by atoms with Crippen LogP contribution in [0.4, 0.5) is 0 Å². The highest BCUT2D eigenvalue weighted by molar-refractivity contribution is 5.91. The molecule has 2 aromatic rings. The quantitative estimate of drug-likeness (QED) is 0.401. The van der Waals surface area contributed by atoms with Crippen LogP contribution in [0.2, 0.25) is 0 Å². The summed E-state index contributed by atoms with van der Waals surface area (Å²) < 4.78 is 27.7. The van der Waals surface area contributed by atoms with Gasteiger partial charge >= 0.3 is 0 Å². The number of likely N-dealkylation sites (N-methyl/N-ethyl adjacent to an activating group) is 1. The molecule has 1 aliphatic rings. The molecule has 1 aromatic heterocycles. The number of ether oxygens (including phenoxy) is 4. The zero-order valence-electron chi connectivity index (χ0n) is 19.2. The van der Waals surface area contributed by atoms with Crippen LogP contribution in [0.5, 0.6) is 0 Å². The SMILES string of the molecule is COC(CN(C)C(=O)C1=C[C@@H](c2coc3ccccc3c2=O)C[C@@H](OCCCCO)O1)OC. The Kier molecular flexibility index (Phi) is 9.02. The molecule has 0 spiro atoms. The van der Waals surface area contributed by atoms with Crippen LogP contribution >= 0.6 is 0 Å². The molecule has 1 aromatic carbocycles. The molecule has 9 heteroatoms. The first-order valence-corrected chi connectivity index (χ1v) is 10.9. The van der Waals surface area contributed by atoms with Gasteiger partial charge in [-0.05, 0) is 31.1 Å². The van der Waals surface area contributed by atoms with Gasteiger partial charge in [-0.1, -0.05) is 12.1 Å². The molecule has 0 unspecified atom stereocenters. The van der Waals surface area contributed by atoms with E-state index in [9.17, 15) is 9.59 Å². The van der Waals surface area contributed by atoms with Gasteiger partial charge in [0.1, 0.15) is 5.58 Å². The van der Waals surface area contributed by atoms with Crippen molar-refractivity contribution in [2.75, 3.05) is 41.0 Å². The van der Waals surface area contributed by atoms with Crippen molar-refractivity contribution in [3.63, 3.8) is 0 Å². The minimum Gasteiger partial charge on any atom is -0.464 e.